The first-order valence-electron chi connectivity index (χ1n) is 8.55. The molecule has 0 spiro atoms. The van der Waals surface area contributed by atoms with E-state index in [1.807, 2.05) is 12.1 Å². The zero-order chi connectivity index (χ0) is 17.8. The second-order valence-corrected chi connectivity index (χ2v) is 6.46. The number of carboxylic acid groups (broad SMARTS) is 1. The molecule has 25 heavy (non-hydrogen) atoms. The number of benzene rings is 1. The molecule has 2 heterocycles. The number of nitrogens with one attached hydrogen (secondary N) is 1. The number of anilines is 1. The molecular weight excluding hydrogens is 324 g/mol. The number of fused-ring (bicyclic) bond motifs is 1. The van der Waals surface area contributed by atoms with E-state index in [-0.39, 0.29) is 37.3 Å². The summed E-state index contributed by atoms with van der Waals surface area (Å²) >= 11 is 0. The minimum absolute atomic E-state index is 0.0644. The second-order valence-electron chi connectivity index (χ2n) is 6.46. The zero-order valence-electron chi connectivity index (χ0n) is 13.9. The lowest BCUT2D eigenvalue weighted by Gasteiger charge is -2.31. The van der Waals surface area contributed by atoms with Crippen LogP contribution in [0.5, 0.6) is 0 Å². The number of aliphatic carboxylic acids is 1. The Balaban J connectivity index is 1.80. The fraction of sp³-hybridized carbons (Fsp3) is 0.500. The van der Waals surface area contributed by atoms with Gasteiger partial charge in [0, 0.05) is 31.8 Å². The van der Waals surface area contributed by atoms with Crippen LogP contribution >= 0.6 is 0 Å². The number of hydrogen-bond acceptors (Lipinski definition) is 4. The highest BCUT2D eigenvalue weighted by atomic mass is 16.5. The average Bonchev–Trinajstić information content (AvgIpc) is 3.10. The van der Waals surface area contributed by atoms with Crippen LogP contribution in [0.25, 0.3) is 0 Å². The molecule has 7 nitrogen and oxygen atoms in total. The number of nitrogens with zero attached hydrogens (tertiary/aromatic N) is 1. The van der Waals surface area contributed by atoms with Crippen molar-refractivity contribution in [2.45, 2.75) is 37.7 Å². The van der Waals surface area contributed by atoms with Crippen LogP contribution in [0, 0.1) is 0 Å². The first-order valence-corrected chi connectivity index (χ1v) is 8.55. The van der Waals surface area contributed by atoms with Gasteiger partial charge in [0.1, 0.15) is 0 Å². The summed E-state index contributed by atoms with van der Waals surface area (Å²) in [5.74, 6) is -1.95. The Morgan fingerprint density at radius 3 is 2.84 bits per heavy atom. The SMILES string of the molecule is O=C(O)CCN(C[C@@H]1CCCO1)C(=O)[C@H]1CC(=O)Nc2ccccc21. The van der Waals surface area contributed by atoms with Crippen LogP contribution in [-0.2, 0) is 19.1 Å². The molecule has 1 aromatic carbocycles. The van der Waals surface area contributed by atoms with E-state index >= 15 is 0 Å². The van der Waals surface area contributed by atoms with Crippen molar-refractivity contribution in [3.63, 3.8) is 0 Å². The summed E-state index contributed by atoms with van der Waals surface area (Å²) < 4.78 is 5.60. The molecule has 0 bridgehead atoms. The van der Waals surface area contributed by atoms with Crippen molar-refractivity contribution < 1.29 is 24.2 Å². The van der Waals surface area contributed by atoms with E-state index in [4.69, 9.17) is 9.84 Å². The fourth-order valence-corrected chi connectivity index (χ4v) is 3.41. The second kappa shape index (κ2) is 7.65. The highest BCUT2D eigenvalue weighted by Gasteiger charge is 2.34. The predicted molar refractivity (Wildman–Crippen MR) is 90.2 cm³/mol. The van der Waals surface area contributed by atoms with E-state index in [0.29, 0.717) is 18.8 Å². The highest BCUT2D eigenvalue weighted by molar-refractivity contribution is 6.01. The lowest BCUT2D eigenvalue weighted by Crippen LogP contribution is -2.43. The van der Waals surface area contributed by atoms with E-state index in [9.17, 15) is 14.4 Å². The van der Waals surface area contributed by atoms with Crippen LogP contribution in [0.2, 0.25) is 0 Å². The Kier molecular flexibility index (Phi) is 5.33. The molecule has 0 unspecified atom stereocenters. The van der Waals surface area contributed by atoms with Crippen molar-refractivity contribution in [2.75, 3.05) is 25.0 Å². The number of rotatable bonds is 6. The van der Waals surface area contributed by atoms with Gasteiger partial charge in [-0.2, -0.15) is 0 Å². The van der Waals surface area contributed by atoms with Crippen molar-refractivity contribution in [1.29, 1.82) is 0 Å². The Labute approximate surface area is 146 Å². The monoisotopic (exact) mass is 346 g/mol. The van der Waals surface area contributed by atoms with Crippen molar-refractivity contribution in [1.82, 2.24) is 4.90 Å². The molecule has 134 valence electrons. The third-order valence-corrected chi connectivity index (χ3v) is 4.65. The van der Waals surface area contributed by atoms with Gasteiger partial charge in [0.2, 0.25) is 11.8 Å². The van der Waals surface area contributed by atoms with Gasteiger partial charge in [0.05, 0.1) is 18.4 Å². The van der Waals surface area contributed by atoms with Crippen molar-refractivity contribution in [3.05, 3.63) is 29.8 Å². The molecule has 2 aliphatic heterocycles. The summed E-state index contributed by atoms with van der Waals surface area (Å²) in [5, 5.41) is 11.8. The normalized spacial score (nSPS) is 22.2. The molecule has 2 amide bonds. The molecule has 1 saturated heterocycles. The van der Waals surface area contributed by atoms with Gasteiger partial charge in [-0.1, -0.05) is 18.2 Å². The third-order valence-electron chi connectivity index (χ3n) is 4.65. The molecule has 1 aromatic rings. The number of hydrogen-bond donors (Lipinski definition) is 2. The van der Waals surface area contributed by atoms with Gasteiger partial charge in [0.15, 0.2) is 0 Å². The van der Waals surface area contributed by atoms with Crippen molar-refractivity contribution >= 4 is 23.5 Å². The topological polar surface area (TPSA) is 95.9 Å². The molecule has 7 heteroatoms. The van der Waals surface area contributed by atoms with E-state index in [1.54, 1.807) is 17.0 Å². The van der Waals surface area contributed by atoms with Gasteiger partial charge in [-0.15, -0.1) is 0 Å². The maximum atomic E-state index is 13.1. The Bertz CT molecular complexity index is 669. The Hall–Kier alpha value is -2.41. The highest BCUT2D eigenvalue weighted by Crippen LogP contribution is 2.33. The number of amides is 2. The smallest absolute Gasteiger partial charge is 0.305 e. The summed E-state index contributed by atoms with van der Waals surface area (Å²) in [5.41, 5.74) is 1.42. The largest absolute Gasteiger partial charge is 0.481 e. The third kappa shape index (κ3) is 4.17. The summed E-state index contributed by atoms with van der Waals surface area (Å²) in [4.78, 5) is 37.6. The maximum absolute atomic E-state index is 13.1. The molecule has 2 atom stereocenters. The van der Waals surface area contributed by atoms with E-state index in [1.165, 1.54) is 0 Å². The number of ether oxygens (including phenoxy) is 1. The van der Waals surface area contributed by atoms with Gasteiger partial charge in [-0.3, -0.25) is 14.4 Å². The van der Waals surface area contributed by atoms with Gasteiger partial charge >= 0.3 is 5.97 Å². The van der Waals surface area contributed by atoms with Crippen molar-refractivity contribution in [3.8, 4) is 0 Å². The van der Waals surface area contributed by atoms with E-state index in [2.05, 4.69) is 5.32 Å². The van der Waals surface area contributed by atoms with Gasteiger partial charge in [-0.25, -0.2) is 0 Å². The zero-order valence-corrected chi connectivity index (χ0v) is 13.9. The fourth-order valence-electron chi connectivity index (χ4n) is 3.41. The minimum atomic E-state index is -0.952. The van der Waals surface area contributed by atoms with Crippen LogP contribution in [0.3, 0.4) is 0 Å². The Morgan fingerprint density at radius 2 is 2.12 bits per heavy atom. The van der Waals surface area contributed by atoms with Crippen LogP contribution < -0.4 is 5.32 Å². The maximum Gasteiger partial charge on any atom is 0.305 e. The Morgan fingerprint density at radius 1 is 1.32 bits per heavy atom. The quantitative estimate of drug-likeness (QED) is 0.815. The number of carbonyl (C=O) groups excluding carboxylic acids is 2. The van der Waals surface area contributed by atoms with Crippen molar-refractivity contribution in [2.24, 2.45) is 0 Å². The summed E-state index contributed by atoms with van der Waals surface area (Å²) in [7, 11) is 0. The molecule has 0 aromatic heterocycles. The van der Waals surface area contributed by atoms with Gasteiger partial charge < -0.3 is 20.1 Å². The molecular formula is C18H22N2O5. The van der Waals surface area contributed by atoms with E-state index < -0.39 is 11.9 Å². The molecule has 3 rings (SSSR count). The number of carbonyl (C=O) groups is 3. The predicted octanol–water partition coefficient (Wildman–Crippen LogP) is 1.59. The molecule has 0 radical (unpaired) electrons. The first-order chi connectivity index (χ1) is 12.0. The van der Waals surface area contributed by atoms with E-state index in [0.717, 1.165) is 18.4 Å². The lowest BCUT2D eigenvalue weighted by atomic mass is 9.89. The minimum Gasteiger partial charge on any atom is -0.481 e. The first kappa shape index (κ1) is 17.4. The molecule has 0 aliphatic carbocycles. The molecule has 1 fully saturated rings. The van der Waals surface area contributed by atoms with Crippen LogP contribution in [-0.4, -0.2) is 53.6 Å². The van der Waals surface area contributed by atoms with Crippen LogP contribution in [0.4, 0.5) is 5.69 Å². The van der Waals surface area contributed by atoms with Crippen LogP contribution in [0.1, 0.15) is 37.2 Å². The van der Waals surface area contributed by atoms with Gasteiger partial charge in [0.25, 0.3) is 0 Å². The number of carboxylic acids is 1. The summed E-state index contributed by atoms with van der Waals surface area (Å²) in [6.07, 6.45) is 1.69. The average molecular weight is 346 g/mol. The summed E-state index contributed by atoms with van der Waals surface area (Å²) in [6.45, 7) is 1.15. The molecule has 2 aliphatic rings. The summed E-state index contributed by atoms with van der Waals surface area (Å²) in [6, 6.07) is 7.24. The molecule has 2 N–H and O–H groups in total. The van der Waals surface area contributed by atoms with Crippen LogP contribution in [0.15, 0.2) is 24.3 Å². The molecule has 0 saturated carbocycles. The van der Waals surface area contributed by atoms with Gasteiger partial charge in [-0.05, 0) is 24.5 Å². The standard InChI is InChI=1S/C18H22N2O5/c21-16-10-14(13-5-1-2-6-15(13)19-16)18(24)20(8-7-17(22)23)11-12-4-3-9-25-12/h1-2,5-6,12,14H,3-4,7-11H2,(H,19,21)(H,22,23)/t12-,14-/m0/s1. The lowest BCUT2D eigenvalue weighted by molar-refractivity contribution is -0.140. The number of para-hydroxylation sites is 1.